The lowest BCUT2D eigenvalue weighted by molar-refractivity contribution is -0.137. The van der Waals surface area contributed by atoms with Gasteiger partial charge in [0.2, 0.25) is 0 Å². The number of benzene rings is 3. The number of aromatic nitrogens is 1. The Hall–Kier alpha value is -2.18. The Balaban J connectivity index is 1.54. The summed E-state index contributed by atoms with van der Waals surface area (Å²) in [6.07, 6.45) is -4.64. The summed E-state index contributed by atoms with van der Waals surface area (Å²) in [7, 11) is -2.68. The molecule has 178 valence electrons. The molecule has 1 N–H and O–H groups in total. The molecule has 0 spiro atoms. The van der Waals surface area contributed by atoms with Gasteiger partial charge in [0.1, 0.15) is 10.6 Å². The van der Waals surface area contributed by atoms with E-state index in [0.29, 0.717) is 22.8 Å². The van der Waals surface area contributed by atoms with Gasteiger partial charge in [-0.15, -0.1) is 11.3 Å². The van der Waals surface area contributed by atoms with E-state index in [4.69, 9.17) is 27.9 Å². The molecule has 4 rings (SSSR count). The summed E-state index contributed by atoms with van der Waals surface area (Å²) in [4.78, 5) is 4.71. The van der Waals surface area contributed by atoms with Crippen LogP contribution in [0.1, 0.15) is 5.56 Å². The molecular formula is C21H13Cl2F3N2O3S3. The predicted molar refractivity (Wildman–Crippen MR) is 129 cm³/mol. The monoisotopic (exact) mass is 564 g/mol. The second-order valence-electron chi connectivity index (χ2n) is 6.81. The van der Waals surface area contributed by atoms with E-state index < -0.39 is 31.7 Å². The van der Waals surface area contributed by atoms with Crippen molar-refractivity contribution in [3.05, 3.63) is 70.2 Å². The summed E-state index contributed by atoms with van der Waals surface area (Å²) in [6.45, 7) is 0. The highest BCUT2D eigenvalue weighted by Crippen LogP contribution is 2.40. The van der Waals surface area contributed by atoms with Crippen LogP contribution in [0.25, 0.3) is 10.2 Å². The van der Waals surface area contributed by atoms with Crippen LogP contribution in [0.2, 0.25) is 10.0 Å². The first-order valence-corrected chi connectivity index (χ1v) is 13.1. The van der Waals surface area contributed by atoms with E-state index in [9.17, 15) is 21.6 Å². The number of methoxy groups -OCH3 is 1. The zero-order chi connectivity index (χ0) is 24.7. The molecule has 1 heterocycles. The van der Waals surface area contributed by atoms with Crippen molar-refractivity contribution < 1.29 is 26.3 Å². The number of fused-ring (bicyclic) bond motifs is 1. The van der Waals surface area contributed by atoms with Gasteiger partial charge in [0.05, 0.1) is 38.6 Å². The maximum atomic E-state index is 12.8. The number of sulfonamides is 1. The summed E-state index contributed by atoms with van der Waals surface area (Å²) >= 11 is 15.0. The Bertz CT molecular complexity index is 1490. The molecule has 4 aromatic rings. The van der Waals surface area contributed by atoms with Crippen molar-refractivity contribution in [2.45, 2.75) is 20.3 Å². The number of alkyl halides is 3. The minimum absolute atomic E-state index is 0.124. The number of hydrogen-bond acceptors (Lipinski definition) is 6. The molecule has 0 saturated heterocycles. The van der Waals surface area contributed by atoms with E-state index in [-0.39, 0.29) is 10.7 Å². The smallest absolute Gasteiger partial charge is 0.416 e. The number of nitrogens with one attached hydrogen (secondary N) is 1. The van der Waals surface area contributed by atoms with E-state index >= 15 is 0 Å². The van der Waals surface area contributed by atoms with Crippen molar-refractivity contribution in [2.24, 2.45) is 0 Å². The van der Waals surface area contributed by atoms with Gasteiger partial charge in [0.15, 0.2) is 4.34 Å². The van der Waals surface area contributed by atoms with Crippen molar-refractivity contribution in [2.75, 3.05) is 11.8 Å². The summed E-state index contributed by atoms with van der Waals surface area (Å²) < 4.78 is 73.0. The summed E-state index contributed by atoms with van der Waals surface area (Å²) in [5.74, 6) is 0.692. The molecule has 3 aromatic carbocycles. The van der Waals surface area contributed by atoms with Gasteiger partial charge in [0.25, 0.3) is 10.0 Å². The fraction of sp³-hybridized carbons (Fsp3) is 0.0952. The van der Waals surface area contributed by atoms with Crippen molar-refractivity contribution in [3.63, 3.8) is 0 Å². The molecule has 0 aliphatic carbocycles. The lowest BCUT2D eigenvalue weighted by Gasteiger charge is -2.13. The Kier molecular flexibility index (Phi) is 6.94. The predicted octanol–water partition coefficient (Wildman–Crippen LogP) is 7.58. The Morgan fingerprint density at radius 1 is 1.03 bits per heavy atom. The normalized spacial score (nSPS) is 12.2. The van der Waals surface area contributed by atoms with Crippen LogP contribution < -0.4 is 9.46 Å². The number of rotatable bonds is 6. The standard InChI is InChI=1S/C21H13Cl2F3N2O3S3/c1-31-13-4-6-18-16(10-13)27-20(33-18)32-17-5-3-12(9-14(17)22)28-34(29,30)19-7-2-11(8-15(19)23)21(24,25)26/h2-10,28H,1H3. The molecule has 13 heteroatoms. The number of halogens is 5. The van der Waals surface area contributed by atoms with Gasteiger partial charge >= 0.3 is 6.18 Å². The van der Waals surface area contributed by atoms with Gasteiger partial charge in [0, 0.05) is 11.0 Å². The summed E-state index contributed by atoms with van der Waals surface area (Å²) in [6, 6.07) is 12.1. The molecule has 34 heavy (non-hydrogen) atoms. The molecule has 0 bridgehead atoms. The minimum Gasteiger partial charge on any atom is -0.497 e. The number of hydrogen-bond donors (Lipinski definition) is 1. The molecule has 0 saturated carbocycles. The Morgan fingerprint density at radius 3 is 2.44 bits per heavy atom. The molecular weight excluding hydrogens is 552 g/mol. The van der Waals surface area contributed by atoms with E-state index in [1.807, 2.05) is 18.2 Å². The zero-order valence-corrected chi connectivity index (χ0v) is 20.9. The third-order valence-electron chi connectivity index (χ3n) is 4.51. The Labute approximate surface area is 210 Å². The van der Waals surface area contributed by atoms with Gasteiger partial charge in [-0.2, -0.15) is 13.2 Å². The van der Waals surface area contributed by atoms with Crippen molar-refractivity contribution in [1.29, 1.82) is 0 Å². The van der Waals surface area contributed by atoms with Crippen LogP contribution in [0.5, 0.6) is 5.75 Å². The third kappa shape index (κ3) is 5.38. The van der Waals surface area contributed by atoms with Gasteiger partial charge in [-0.05, 0) is 48.5 Å². The first kappa shape index (κ1) is 24.9. The Morgan fingerprint density at radius 2 is 1.79 bits per heavy atom. The fourth-order valence-corrected chi connectivity index (χ4v) is 6.80. The molecule has 0 aliphatic rings. The van der Waals surface area contributed by atoms with Gasteiger partial charge in [-0.1, -0.05) is 35.0 Å². The zero-order valence-electron chi connectivity index (χ0n) is 17.0. The second kappa shape index (κ2) is 9.46. The number of thiazole rings is 1. The molecule has 0 atom stereocenters. The van der Waals surface area contributed by atoms with Gasteiger partial charge < -0.3 is 4.74 Å². The van der Waals surface area contributed by atoms with Crippen LogP contribution in [0.15, 0.2) is 68.7 Å². The fourth-order valence-electron chi connectivity index (χ4n) is 2.90. The SMILES string of the molecule is COc1ccc2sc(Sc3ccc(NS(=O)(=O)c4ccc(C(F)(F)F)cc4Cl)cc3Cl)nc2c1. The molecule has 0 radical (unpaired) electrons. The maximum absolute atomic E-state index is 12.8. The molecule has 0 unspecified atom stereocenters. The molecule has 0 aliphatic heterocycles. The average molecular weight is 565 g/mol. The van der Waals surface area contributed by atoms with Gasteiger partial charge in [-0.25, -0.2) is 13.4 Å². The largest absolute Gasteiger partial charge is 0.497 e. The third-order valence-corrected chi connectivity index (χ3v) is 8.97. The molecule has 0 fully saturated rings. The van der Waals surface area contributed by atoms with Crippen molar-refractivity contribution in [1.82, 2.24) is 4.98 Å². The van der Waals surface area contributed by atoms with Crippen LogP contribution in [0.3, 0.4) is 0 Å². The van der Waals surface area contributed by atoms with E-state index in [0.717, 1.165) is 20.6 Å². The lowest BCUT2D eigenvalue weighted by Crippen LogP contribution is -2.14. The van der Waals surface area contributed by atoms with Crippen molar-refractivity contribution in [3.8, 4) is 5.75 Å². The molecule has 0 amide bonds. The molecule has 1 aromatic heterocycles. The van der Waals surface area contributed by atoms with Crippen LogP contribution in [0.4, 0.5) is 18.9 Å². The van der Waals surface area contributed by atoms with E-state index in [1.165, 1.54) is 35.2 Å². The highest BCUT2D eigenvalue weighted by Gasteiger charge is 2.32. The first-order chi connectivity index (χ1) is 16.0. The van der Waals surface area contributed by atoms with Crippen LogP contribution in [-0.2, 0) is 16.2 Å². The van der Waals surface area contributed by atoms with Crippen LogP contribution in [-0.4, -0.2) is 20.5 Å². The highest BCUT2D eigenvalue weighted by atomic mass is 35.5. The van der Waals surface area contributed by atoms with Crippen LogP contribution >= 0.6 is 46.3 Å². The summed E-state index contributed by atoms with van der Waals surface area (Å²) in [5.41, 5.74) is -0.144. The lowest BCUT2D eigenvalue weighted by atomic mass is 10.2. The first-order valence-electron chi connectivity index (χ1n) is 9.28. The van der Waals surface area contributed by atoms with Crippen LogP contribution in [0, 0.1) is 0 Å². The number of anilines is 1. The van der Waals surface area contributed by atoms with Gasteiger partial charge in [-0.3, -0.25) is 4.72 Å². The minimum atomic E-state index is -4.64. The number of ether oxygens (including phenoxy) is 1. The topological polar surface area (TPSA) is 68.3 Å². The second-order valence-corrected chi connectivity index (χ2v) is 11.6. The van der Waals surface area contributed by atoms with E-state index in [2.05, 4.69) is 9.71 Å². The van der Waals surface area contributed by atoms with Crippen molar-refractivity contribution >= 4 is 72.2 Å². The number of nitrogens with zero attached hydrogens (tertiary/aromatic N) is 1. The molecule has 5 nitrogen and oxygen atoms in total. The average Bonchev–Trinajstić information content (AvgIpc) is 3.16. The summed E-state index contributed by atoms with van der Waals surface area (Å²) in [5, 5.41) is -0.284. The van der Waals surface area contributed by atoms with E-state index in [1.54, 1.807) is 13.2 Å². The maximum Gasteiger partial charge on any atom is 0.416 e. The quantitative estimate of drug-likeness (QED) is 0.261. The highest BCUT2D eigenvalue weighted by molar-refractivity contribution is 8.01.